The maximum absolute atomic E-state index is 12.9. The number of piperidine rings is 1. The monoisotopic (exact) mass is 313 g/mol. The highest BCUT2D eigenvalue weighted by atomic mass is 16.3. The smallest absolute Gasteiger partial charge is 0.226 e. The highest BCUT2D eigenvalue weighted by molar-refractivity contribution is 5.83. The Balaban J connectivity index is 1.44. The molecule has 0 unspecified atom stereocenters. The summed E-state index contributed by atoms with van der Waals surface area (Å²) >= 11 is 0. The van der Waals surface area contributed by atoms with E-state index in [1.54, 1.807) is 6.26 Å². The van der Waals surface area contributed by atoms with E-state index < -0.39 is 0 Å². The minimum absolute atomic E-state index is 0.112. The third-order valence-electron chi connectivity index (χ3n) is 5.09. The number of furan rings is 1. The van der Waals surface area contributed by atoms with Gasteiger partial charge in [0.25, 0.3) is 0 Å². The molecule has 0 radical (unpaired) electrons. The molecule has 3 atom stereocenters. The number of likely N-dealkylation sites (tertiary alicyclic amines) is 1. The van der Waals surface area contributed by atoms with Gasteiger partial charge in [-0.25, -0.2) is 0 Å². The van der Waals surface area contributed by atoms with Gasteiger partial charge >= 0.3 is 0 Å². The average molecular weight is 313 g/mol. The van der Waals surface area contributed by atoms with Gasteiger partial charge in [0.05, 0.1) is 25.0 Å². The fraction of sp³-hybridized carbons (Fsp3) is 0.556. The second kappa shape index (κ2) is 5.87. The number of rotatable bonds is 4. The van der Waals surface area contributed by atoms with Crippen LogP contribution < -0.4 is 0 Å². The molecular formula is C18H23N3O2. The molecule has 2 aliphatic rings. The van der Waals surface area contributed by atoms with Crippen molar-refractivity contribution in [3.05, 3.63) is 42.1 Å². The van der Waals surface area contributed by atoms with E-state index in [1.165, 1.54) is 12.0 Å². The summed E-state index contributed by atoms with van der Waals surface area (Å²) in [7, 11) is 0. The number of nitrogens with zero attached hydrogens (tertiary/aromatic N) is 3. The highest BCUT2D eigenvalue weighted by Crippen LogP contribution is 2.49. The molecule has 0 aromatic carbocycles. The maximum Gasteiger partial charge on any atom is 0.226 e. The van der Waals surface area contributed by atoms with Crippen molar-refractivity contribution in [2.45, 2.75) is 51.1 Å². The van der Waals surface area contributed by atoms with Crippen LogP contribution in [0.5, 0.6) is 0 Å². The topological polar surface area (TPSA) is 51.3 Å². The summed E-state index contributed by atoms with van der Waals surface area (Å²) in [6, 6.07) is 4.16. The Kier molecular flexibility index (Phi) is 3.71. The van der Waals surface area contributed by atoms with Crippen molar-refractivity contribution in [2.75, 3.05) is 6.54 Å². The third-order valence-corrected chi connectivity index (χ3v) is 5.09. The number of amides is 1. The van der Waals surface area contributed by atoms with E-state index in [2.05, 4.69) is 16.2 Å². The SMILES string of the molecule is Cc1cnn(C[C@@H]2CCCCN2C(=O)[C@@H]2C[C@H]2c2ccco2)c1. The summed E-state index contributed by atoms with van der Waals surface area (Å²) in [6.45, 7) is 3.73. The van der Waals surface area contributed by atoms with Crippen molar-refractivity contribution in [1.82, 2.24) is 14.7 Å². The number of carbonyl (C=O) groups excluding carboxylic acids is 1. The molecule has 3 heterocycles. The van der Waals surface area contributed by atoms with Crippen molar-refractivity contribution in [3.8, 4) is 0 Å². The van der Waals surface area contributed by atoms with Crippen LogP contribution in [-0.4, -0.2) is 33.2 Å². The van der Waals surface area contributed by atoms with E-state index >= 15 is 0 Å². The van der Waals surface area contributed by atoms with Crippen LogP contribution in [0.15, 0.2) is 35.2 Å². The highest BCUT2D eigenvalue weighted by Gasteiger charge is 2.48. The summed E-state index contributed by atoms with van der Waals surface area (Å²) in [5.41, 5.74) is 1.17. The van der Waals surface area contributed by atoms with Crippen LogP contribution in [0.4, 0.5) is 0 Å². The van der Waals surface area contributed by atoms with Gasteiger partial charge in [-0.05, 0) is 50.3 Å². The number of carbonyl (C=O) groups is 1. The van der Waals surface area contributed by atoms with Gasteiger partial charge in [0.1, 0.15) is 5.76 Å². The first kappa shape index (κ1) is 14.5. The lowest BCUT2D eigenvalue weighted by Gasteiger charge is -2.36. The van der Waals surface area contributed by atoms with Gasteiger partial charge in [0, 0.05) is 24.6 Å². The molecule has 0 N–H and O–H groups in total. The van der Waals surface area contributed by atoms with Crippen LogP contribution in [0.2, 0.25) is 0 Å². The zero-order valence-corrected chi connectivity index (χ0v) is 13.5. The Bertz CT molecular complexity index is 676. The molecule has 0 spiro atoms. The lowest BCUT2D eigenvalue weighted by Crippen LogP contribution is -2.46. The zero-order chi connectivity index (χ0) is 15.8. The van der Waals surface area contributed by atoms with E-state index in [0.29, 0.717) is 5.91 Å². The average Bonchev–Trinajstić information content (AvgIpc) is 2.96. The molecule has 1 saturated carbocycles. The summed E-state index contributed by atoms with van der Waals surface area (Å²) in [6.07, 6.45) is 9.93. The molecule has 1 aliphatic carbocycles. The van der Waals surface area contributed by atoms with Crippen molar-refractivity contribution in [2.24, 2.45) is 5.92 Å². The first-order chi connectivity index (χ1) is 11.2. The van der Waals surface area contributed by atoms with Gasteiger partial charge < -0.3 is 9.32 Å². The Morgan fingerprint density at radius 3 is 3.09 bits per heavy atom. The molecular weight excluding hydrogens is 290 g/mol. The minimum Gasteiger partial charge on any atom is -0.469 e. The van der Waals surface area contributed by atoms with Crippen LogP contribution in [0.25, 0.3) is 0 Å². The molecule has 1 aliphatic heterocycles. The van der Waals surface area contributed by atoms with E-state index in [9.17, 15) is 4.79 Å². The van der Waals surface area contributed by atoms with Gasteiger partial charge in [-0.3, -0.25) is 9.48 Å². The second-order valence-corrected chi connectivity index (χ2v) is 6.89. The fourth-order valence-corrected chi connectivity index (χ4v) is 3.76. The fourth-order valence-electron chi connectivity index (χ4n) is 3.76. The molecule has 1 saturated heterocycles. The number of aryl methyl sites for hydroxylation is 1. The van der Waals surface area contributed by atoms with Gasteiger partial charge in [0.2, 0.25) is 5.91 Å². The largest absolute Gasteiger partial charge is 0.469 e. The van der Waals surface area contributed by atoms with Gasteiger partial charge in [-0.2, -0.15) is 5.10 Å². The number of aromatic nitrogens is 2. The normalized spacial score (nSPS) is 27.2. The predicted octanol–water partition coefficient (Wildman–Crippen LogP) is 2.97. The minimum atomic E-state index is 0.112. The van der Waals surface area contributed by atoms with Crippen molar-refractivity contribution in [3.63, 3.8) is 0 Å². The number of hydrogen-bond acceptors (Lipinski definition) is 3. The Labute approximate surface area is 136 Å². The summed E-state index contributed by atoms with van der Waals surface area (Å²) < 4.78 is 7.44. The molecule has 4 rings (SSSR count). The molecule has 2 aromatic heterocycles. The van der Waals surface area contributed by atoms with E-state index in [0.717, 1.165) is 38.1 Å². The van der Waals surface area contributed by atoms with Crippen molar-refractivity contribution < 1.29 is 9.21 Å². The van der Waals surface area contributed by atoms with Crippen LogP contribution >= 0.6 is 0 Å². The first-order valence-corrected chi connectivity index (χ1v) is 8.55. The lowest BCUT2D eigenvalue weighted by molar-refractivity contribution is -0.136. The standard InChI is InChI=1S/C18H23N3O2/c1-13-10-19-20(11-13)12-14-5-2-3-7-21(14)18(22)16-9-15(16)17-6-4-8-23-17/h4,6,8,10-11,14-16H,2-3,5,7,9,12H2,1H3/t14-,15+,16+/m0/s1. The quantitative estimate of drug-likeness (QED) is 0.872. The van der Waals surface area contributed by atoms with Crippen LogP contribution in [-0.2, 0) is 11.3 Å². The first-order valence-electron chi connectivity index (χ1n) is 8.55. The predicted molar refractivity (Wildman–Crippen MR) is 85.9 cm³/mol. The van der Waals surface area contributed by atoms with Crippen LogP contribution in [0.1, 0.15) is 42.9 Å². The molecule has 23 heavy (non-hydrogen) atoms. The van der Waals surface area contributed by atoms with Gasteiger partial charge in [-0.15, -0.1) is 0 Å². The molecule has 2 fully saturated rings. The summed E-state index contributed by atoms with van der Waals surface area (Å²) in [5.74, 6) is 1.66. The Morgan fingerprint density at radius 1 is 1.43 bits per heavy atom. The van der Waals surface area contributed by atoms with Crippen LogP contribution in [0.3, 0.4) is 0 Å². The van der Waals surface area contributed by atoms with Crippen molar-refractivity contribution in [1.29, 1.82) is 0 Å². The molecule has 2 aromatic rings. The summed E-state index contributed by atoms with van der Waals surface area (Å²) in [4.78, 5) is 15.0. The van der Waals surface area contributed by atoms with Gasteiger partial charge in [-0.1, -0.05) is 0 Å². The molecule has 5 heteroatoms. The van der Waals surface area contributed by atoms with Crippen molar-refractivity contribution >= 4 is 5.91 Å². The van der Waals surface area contributed by atoms with E-state index in [-0.39, 0.29) is 17.9 Å². The zero-order valence-electron chi connectivity index (χ0n) is 13.5. The lowest BCUT2D eigenvalue weighted by atomic mass is 10.0. The van der Waals surface area contributed by atoms with E-state index in [4.69, 9.17) is 4.42 Å². The molecule has 122 valence electrons. The van der Waals surface area contributed by atoms with E-state index in [1.807, 2.05) is 29.9 Å². The van der Waals surface area contributed by atoms with Gasteiger partial charge in [0.15, 0.2) is 0 Å². The number of hydrogen-bond donors (Lipinski definition) is 0. The molecule has 1 amide bonds. The Hall–Kier alpha value is -2.04. The Morgan fingerprint density at radius 2 is 2.35 bits per heavy atom. The third kappa shape index (κ3) is 2.92. The summed E-state index contributed by atoms with van der Waals surface area (Å²) in [5, 5.41) is 4.38. The second-order valence-electron chi connectivity index (χ2n) is 6.89. The maximum atomic E-state index is 12.9. The molecule has 5 nitrogen and oxygen atoms in total. The molecule has 0 bridgehead atoms. The van der Waals surface area contributed by atoms with Crippen LogP contribution in [0, 0.1) is 12.8 Å².